The summed E-state index contributed by atoms with van der Waals surface area (Å²) in [6, 6.07) is 14.7. The fourth-order valence-electron chi connectivity index (χ4n) is 4.46. The van der Waals surface area contributed by atoms with Crippen molar-refractivity contribution < 1.29 is 33.3 Å². The smallest absolute Gasteiger partial charge is 0.296 e. The van der Waals surface area contributed by atoms with Crippen LogP contribution in [0, 0.1) is 0 Å². The van der Waals surface area contributed by atoms with Crippen LogP contribution in [0.4, 0.5) is 0 Å². The number of nitrogens with zero attached hydrogens (tertiary/aromatic N) is 1. The number of hydrogen-bond donors (Lipinski definition) is 1. The number of Topliss-reactive ketones (excluding diaryl/α,β-unsaturated/α-hetero) is 1. The van der Waals surface area contributed by atoms with Crippen molar-refractivity contribution in [3.8, 4) is 17.2 Å². The number of carbonyl (C=O) groups excluding carboxylic acids is 2. The van der Waals surface area contributed by atoms with E-state index < -0.39 is 17.7 Å². The van der Waals surface area contributed by atoms with Crippen LogP contribution < -0.4 is 14.2 Å². The van der Waals surface area contributed by atoms with E-state index in [1.54, 1.807) is 54.6 Å². The molecule has 8 nitrogen and oxygen atoms in total. The van der Waals surface area contributed by atoms with Gasteiger partial charge in [-0.25, -0.2) is 0 Å². The summed E-state index contributed by atoms with van der Waals surface area (Å²) < 4.78 is 22.6. The fourth-order valence-corrected chi connectivity index (χ4v) is 4.46. The monoisotopic (exact) mass is 533 g/mol. The van der Waals surface area contributed by atoms with E-state index in [9.17, 15) is 14.7 Å². The van der Waals surface area contributed by atoms with Crippen molar-refractivity contribution in [1.29, 1.82) is 0 Å². The molecular formula is C31H35NO7. The van der Waals surface area contributed by atoms with Crippen molar-refractivity contribution in [2.24, 2.45) is 0 Å². The lowest BCUT2D eigenvalue weighted by Gasteiger charge is -2.25. The molecule has 0 spiro atoms. The number of methoxy groups -OCH3 is 1. The lowest BCUT2D eigenvalue weighted by atomic mass is 9.95. The molecule has 0 radical (unpaired) electrons. The maximum atomic E-state index is 13.4. The lowest BCUT2D eigenvalue weighted by molar-refractivity contribution is -0.140. The molecule has 2 heterocycles. The molecule has 206 valence electrons. The summed E-state index contributed by atoms with van der Waals surface area (Å²) >= 11 is 0. The third kappa shape index (κ3) is 6.28. The average molecular weight is 534 g/mol. The third-order valence-electron chi connectivity index (χ3n) is 6.60. The Labute approximate surface area is 228 Å². The Hall–Kier alpha value is -4.20. The van der Waals surface area contributed by atoms with Crippen LogP contribution in [0.2, 0.25) is 0 Å². The molecule has 39 heavy (non-hydrogen) atoms. The number of aliphatic hydroxyl groups excluding tert-OH is 1. The number of ketones is 1. The number of amides is 1. The molecule has 8 heteroatoms. The Kier molecular flexibility index (Phi) is 9.31. The number of likely N-dealkylation sites (tertiary alicyclic amines) is 1. The van der Waals surface area contributed by atoms with E-state index in [2.05, 4.69) is 13.8 Å². The Morgan fingerprint density at radius 2 is 1.67 bits per heavy atom. The van der Waals surface area contributed by atoms with Crippen molar-refractivity contribution in [3.05, 3.63) is 83.3 Å². The number of unbranched alkanes of at least 4 members (excludes halogenated alkanes) is 2. The van der Waals surface area contributed by atoms with Crippen LogP contribution in [-0.4, -0.2) is 42.0 Å². The minimum Gasteiger partial charge on any atom is -0.507 e. The van der Waals surface area contributed by atoms with E-state index in [-0.39, 0.29) is 17.9 Å². The number of hydrogen-bond acceptors (Lipinski definition) is 7. The summed E-state index contributed by atoms with van der Waals surface area (Å²) in [5.41, 5.74) is 1.000. The van der Waals surface area contributed by atoms with Crippen LogP contribution in [-0.2, 0) is 16.1 Å². The first-order valence-electron chi connectivity index (χ1n) is 13.3. The van der Waals surface area contributed by atoms with E-state index >= 15 is 0 Å². The van der Waals surface area contributed by atoms with Gasteiger partial charge in [-0.05, 0) is 66.9 Å². The number of rotatable bonds is 13. The minimum absolute atomic E-state index is 0.00656. The van der Waals surface area contributed by atoms with Crippen LogP contribution in [0.1, 0.15) is 62.5 Å². The van der Waals surface area contributed by atoms with Crippen molar-refractivity contribution in [1.82, 2.24) is 4.90 Å². The molecule has 3 aromatic rings. The second-order valence-electron chi connectivity index (χ2n) is 9.35. The predicted octanol–water partition coefficient (Wildman–Crippen LogP) is 6.27. The second-order valence-corrected chi connectivity index (χ2v) is 9.35. The topological polar surface area (TPSA) is 98.4 Å². The molecular weight excluding hydrogens is 498 g/mol. The van der Waals surface area contributed by atoms with Crippen molar-refractivity contribution >= 4 is 17.4 Å². The first-order valence-corrected chi connectivity index (χ1v) is 13.3. The minimum atomic E-state index is -0.867. The molecule has 1 fully saturated rings. The molecule has 2 aromatic carbocycles. The Morgan fingerprint density at radius 3 is 2.31 bits per heavy atom. The van der Waals surface area contributed by atoms with E-state index in [4.69, 9.17) is 18.6 Å². The average Bonchev–Trinajstić information content (AvgIpc) is 3.56. The number of carbonyl (C=O) groups is 2. The highest BCUT2D eigenvalue weighted by atomic mass is 16.5. The number of aliphatic hydroxyl groups is 1. The van der Waals surface area contributed by atoms with Crippen LogP contribution >= 0.6 is 0 Å². The van der Waals surface area contributed by atoms with Gasteiger partial charge in [0.1, 0.15) is 17.3 Å². The summed E-state index contributed by atoms with van der Waals surface area (Å²) in [7, 11) is 1.54. The standard InChI is InChI=1S/C31H35NO7/c1-4-6-16-37-23-13-10-21(11-14-23)29(33)27-28(32(31(35)30(27)34)20-24-9-8-18-38-24)22-12-15-25(26(19-22)36-3)39-17-7-5-2/h8-15,18-19,28,33H,4-7,16-17,20H2,1-3H3/b29-27+. The maximum absolute atomic E-state index is 13.4. The number of furan rings is 1. The third-order valence-corrected chi connectivity index (χ3v) is 6.60. The van der Waals surface area contributed by atoms with Crippen molar-refractivity contribution in [2.75, 3.05) is 20.3 Å². The quantitative estimate of drug-likeness (QED) is 0.120. The van der Waals surface area contributed by atoms with Gasteiger partial charge >= 0.3 is 0 Å². The highest BCUT2D eigenvalue weighted by Crippen LogP contribution is 2.43. The van der Waals surface area contributed by atoms with Crippen LogP contribution in [0.25, 0.3) is 5.76 Å². The first-order chi connectivity index (χ1) is 19.0. The summed E-state index contributed by atoms with van der Waals surface area (Å²) in [6.07, 6.45) is 5.36. The normalized spacial score (nSPS) is 16.5. The zero-order valence-corrected chi connectivity index (χ0v) is 22.6. The molecule has 1 aromatic heterocycles. The van der Waals surface area contributed by atoms with Gasteiger partial charge in [-0.3, -0.25) is 9.59 Å². The maximum Gasteiger partial charge on any atom is 0.296 e. The lowest BCUT2D eigenvalue weighted by Crippen LogP contribution is -2.29. The van der Waals surface area contributed by atoms with Gasteiger partial charge in [0.25, 0.3) is 11.7 Å². The Bertz CT molecular complexity index is 1290. The van der Waals surface area contributed by atoms with Gasteiger partial charge < -0.3 is 28.6 Å². The van der Waals surface area contributed by atoms with Crippen molar-refractivity contribution in [2.45, 2.75) is 52.1 Å². The largest absolute Gasteiger partial charge is 0.507 e. The number of benzene rings is 2. The molecule has 1 aliphatic heterocycles. The fraction of sp³-hybridized carbons (Fsp3) is 0.355. The summed E-state index contributed by atoms with van der Waals surface area (Å²) in [5, 5.41) is 11.4. The van der Waals surface area contributed by atoms with Gasteiger partial charge in [-0.15, -0.1) is 0 Å². The summed E-state index contributed by atoms with van der Waals surface area (Å²) in [6.45, 7) is 5.37. The molecule has 0 bridgehead atoms. The van der Waals surface area contributed by atoms with Crippen LogP contribution in [0.5, 0.6) is 17.2 Å². The first kappa shape index (κ1) is 27.8. The molecule has 1 N–H and O–H groups in total. The summed E-state index contributed by atoms with van der Waals surface area (Å²) in [5.74, 6) is 0.467. The molecule has 0 aliphatic carbocycles. The Morgan fingerprint density at radius 1 is 0.949 bits per heavy atom. The van der Waals surface area contributed by atoms with E-state index in [0.717, 1.165) is 25.7 Å². The molecule has 4 rings (SSSR count). The molecule has 1 aliphatic rings. The summed E-state index contributed by atoms with van der Waals surface area (Å²) in [4.78, 5) is 28.0. The van der Waals surface area contributed by atoms with Gasteiger partial charge in [0, 0.05) is 5.56 Å². The molecule has 1 amide bonds. The van der Waals surface area contributed by atoms with E-state index in [0.29, 0.717) is 47.3 Å². The van der Waals surface area contributed by atoms with Crippen LogP contribution in [0.3, 0.4) is 0 Å². The molecule has 0 saturated carbocycles. The van der Waals surface area contributed by atoms with E-state index in [1.165, 1.54) is 18.3 Å². The SMILES string of the molecule is CCCCOc1ccc(/C(O)=C2\C(=O)C(=O)N(Cc3ccco3)C2c2ccc(OCCCC)c(OC)c2)cc1. The predicted molar refractivity (Wildman–Crippen MR) is 147 cm³/mol. The van der Waals surface area contributed by atoms with Gasteiger partial charge in [-0.2, -0.15) is 0 Å². The van der Waals surface area contributed by atoms with Gasteiger partial charge in [0.15, 0.2) is 11.5 Å². The van der Waals surface area contributed by atoms with Crippen LogP contribution in [0.15, 0.2) is 70.9 Å². The zero-order valence-electron chi connectivity index (χ0n) is 22.6. The molecule has 1 atom stereocenters. The molecule has 1 saturated heterocycles. The second kappa shape index (κ2) is 13.0. The highest BCUT2D eigenvalue weighted by Gasteiger charge is 2.46. The number of ether oxygens (including phenoxy) is 3. The van der Waals surface area contributed by atoms with E-state index in [1.807, 2.05) is 0 Å². The highest BCUT2D eigenvalue weighted by molar-refractivity contribution is 6.46. The zero-order chi connectivity index (χ0) is 27.8. The van der Waals surface area contributed by atoms with Gasteiger partial charge in [0.05, 0.1) is 44.7 Å². The van der Waals surface area contributed by atoms with Crippen molar-refractivity contribution in [3.63, 3.8) is 0 Å². The molecule has 1 unspecified atom stereocenters. The Balaban J connectivity index is 1.75. The van der Waals surface area contributed by atoms with Gasteiger partial charge in [0.2, 0.25) is 0 Å². The van der Waals surface area contributed by atoms with Gasteiger partial charge in [-0.1, -0.05) is 32.8 Å².